The van der Waals surface area contributed by atoms with Crippen LogP contribution in [0.25, 0.3) is 0 Å². The van der Waals surface area contributed by atoms with Gasteiger partial charge in [-0.3, -0.25) is 4.79 Å². The van der Waals surface area contributed by atoms with Gasteiger partial charge in [-0.2, -0.15) is 0 Å². The van der Waals surface area contributed by atoms with Crippen molar-refractivity contribution < 1.29 is 9.90 Å². The van der Waals surface area contributed by atoms with Crippen molar-refractivity contribution in [1.82, 2.24) is 10.2 Å². The van der Waals surface area contributed by atoms with Gasteiger partial charge < -0.3 is 15.3 Å². The van der Waals surface area contributed by atoms with Crippen LogP contribution in [0, 0.1) is 5.92 Å². The standard InChI is InChI=1S/C12H22N2O2/c1-8(2)13-11-3-4-14(12(11)16)7-9-5-10(15)6-9/h8-11,13,15H,3-7H2,1-2H3. The highest BCUT2D eigenvalue weighted by Gasteiger charge is 2.36. The molecule has 4 nitrogen and oxygen atoms in total. The first-order chi connectivity index (χ1) is 7.56. The molecule has 0 spiro atoms. The van der Waals surface area contributed by atoms with E-state index in [1.807, 2.05) is 4.90 Å². The van der Waals surface area contributed by atoms with Crippen molar-refractivity contribution >= 4 is 5.91 Å². The Labute approximate surface area is 97.0 Å². The van der Waals surface area contributed by atoms with E-state index in [0.717, 1.165) is 32.4 Å². The second-order valence-corrected chi connectivity index (χ2v) is 5.44. The third kappa shape index (κ3) is 2.55. The zero-order chi connectivity index (χ0) is 11.7. The predicted octanol–water partition coefficient (Wildman–Crippen LogP) is 0.356. The van der Waals surface area contributed by atoms with Crippen LogP contribution in [0.1, 0.15) is 33.1 Å². The molecule has 0 aromatic carbocycles. The molecule has 1 amide bonds. The van der Waals surface area contributed by atoms with Crippen LogP contribution < -0.4 is 5.32 Å². The van der Waals surface area contributed by atoms with Gasteiger partial charge in [0.25, 0.3) is 0 Å². The fourth-order valence-electron chi connectivity index (χ4n) is 2.64. The van der Waals surface area contributed by atoms with Gasteiger partial charge in [-0.1, -0.05) is 13.8 Å². The highest BCUT2D eigenvalue weighted by atomic mass is 16.3. The summed E-state index contributed by atoms with van der Waals surface area (Å²) in [5.74, 6) is 0.770. The molecule has 0 bridgehead atoms. The molecule has 2 fully saturated rings. The van der Waals surface area contributed by atoms with Crippen molar-refractivity contribution in [2.45, 2.75) is 51.3 Å². The summed E-state index contributed by atoms with van der Waals surface area (Å²) < 4.78 is 0. The average molecular weight is 226 g/mol. The lowest BCUT2D eigenvalue weighted by Crippen LogP contribution is -2.44. The number of nitrogens with zero attached hydrogens (tertiary/aromatic N) is 1. The Bertz CT molecular complexity index is 262. The molecular weight excluding hydrogens is 204 g/mol. The monoisotopic (exact) mass is 226 g/mol. The van der Waals surface area contributed by atoms with Crippen LogP contribution in [0.5, 0.6) is 0 Å². The lowest BCUT2D eigenvalue weighted by Gasteiger charge is -2.34. The summed E-state index contributed by atoms with van der Waals surface area (Å²) in [5, 5.41) is 12.5. The number of carbonyl (C=O) groups is 1. The first-order valence-electron chi connectivity index (χ1n) is 6.29. The number of rotatable bonds is 4. The van der Waals surface area contributed by atoms with Gasteiger partial charge in [0, 0.05) is 19.1 Å². The fourth-order valence-corrected chi connectivity index (χ4v) is 2.64. The first-order valence-corrected chi connectivity index (χ1v) is 6.29. The average Bonchev–Trinajstić information content (AvgIpc) is 2.47. The van der Waals surface area contributed by atoms with E-state index in [1.54, 1.807) is 0 Å². The zero-order valence-electron chi connectivity index (χ0n) is 10.1. The summed E-state index contributed by atoms with van der Waals surface area (Å²) in [7, 11) is 0. The molecule has 0 aromatic heterocycles. The number of likely N-dealkylation sites (tertiary alicyclic amines) is 1. The summed E-state index contributed by atoms with van der Waals surface area (Å²) in [6, 6.07) is 0.379. The van der Waals surface area contributed by atoms with Crippen molar-refractivity contribution in [2.75, 3.05) is 13.1 Å². The number of aliphatic hydroxyl groups is 1. The Morgan fingerprint density at radius 1 is 1.50 bits per heavy atom. The molecule has 0 radical (unpaired) electrons. The maximum Gasteiger partial charge on any atom is 0.239 e. The highest BCUT2D eigenvalue weighted by molar-refractivity contribution is 5.84. The van der Waals surface area contributed by atoms with Crippen LogP contribution in [0.3, 0.4) is 0 Å². The van der Waals surface area contributed by atoms with Gasteiger partial charge in [0.05, 0.1) is 12.1 Å². The summed E-state index contributed by atoms with van der Waals surface area (Å²) in [6.07, 6.45) is 2.54. The van der Waals surface area contributed by atoms with E-state index in [9.17, 15) is 9.90 Å². The summed E-state index contributed by atoms with van der Waals surface area (Å²) in [5.41, 5.74) is 0. The quantitative estimate of drug-likeness (QED) is 0.727. The lowest BCUT2D eigenvalue weighted by molar-refractivity contribution is -0.131. The minimum Gasteiger partial charge on any atom is -0.393 e. The maximum atomic E-state index is 12.0. The molecule has 0 aromatic rings. The Balaban J connectivity index is 1.78. The van der Waals surface area contributed by atoms with Gasteiger partial charge in [0.2, 0.25) is 5.91 Å². The highest BCUT2D eigenvalue weighted by Crippen LogP contribution is 2.29. The van der Waals surface area contributed by atoms with E-state index in [4.69, 9.17) is 0 Å². The fraction of sp³-hybridized carbons (Fsp3) is 0.917. The van der Waals surface area contributed by atoms with Gasteiger partial charge in [-0.25, -0.2) is 0 Å². The number of carbonyl (C=O) groups excluding carboxylic acids is 1. The molecule has 1 saturated heterocycles. The van der Waals surface area contributed by atoms with Gasteiger partial charge in [0.1, 0.15) is 0 Å². The van der Waals surface area contributed by atoms with E-state index in [1.165, 1.54) is 0 Å². The largest absolute Gasteiger partial charge is 0.393 e. The van der Waals surface area contributed by atoms with Crippen molar-refractivity contribution in [3.8, 4) is 0 Å². The molecule has 2 N–H and O–H groups in total. The third-order valence-corrected chi connectivity index (χ3v) is 3.52. The molecule has 1 aliphatic carbocycles. The second-order valence-electron chi connectivity index (χ2n) is 5.44. The van der Waals surface area contributed by atoms with Crippen LogP contribution in [-0.2, 0) is 4.79 Å². The molecule has 92 valence electrons. The molecule has 2 rings (SSSR count). The SMILES string of the molecule is CC(C)NC1CCN(CC2CC(O)C2)C1=O. The molecule has 1 aliphatic heterocycles. The number of hydrogen-bond acceptors (Lipinski definition) is 3. The minimum atomic E-state index is -0.118. The van der Waals surface area contributed by atoms with Crippen molar-refractivity contribution in [2.24, 2.45) is 5.92 Å². The van der Waals surface area contributed by atoms with Crippen molar-refractivity contribution in [3.05, 3.63) is 0 Å². The van der Waals surface area contributed by atoms with E-state index >= 15 is 0 Å². The van der Waals surface area contributed by atoms with Crippen LogP contribution >= 0.6 is 0 Å². The van der Waals surface area contributed by atoms with Crippen LogP contribution in [0.2, 0.25) is 0 Å². The molecule has 2 aliphatic rings. The van der Waals surface area contributed by atoms with E-state index in [0.29, 0.717) is 12.0 Å². The van der Waals surface area contributed by atoms with E-state index in [-0.39, 0.29) is 18.1 Å². The number of nitrogens with one attached hydrogen (secondary N) is 1. The van der Waals surface area contributed by atoms with Gasteiger partial charge in [-0.05, 0) is 25.2 Å². The minimum absolute atomic E-state index is 0.0185. The topological polar surface area (TPSA) is 52.6 Å². The van der Waals surface area contributed by atoms with Crippen LogP contribution in [0.15, 0.2) is 0 Å². The van der Waals surface area contributed by atoms with E-state index in [2.05, 4.69) is 19.2 Å². The molecule has 16 heavy (non-hydrogen) atoms. The number of aliphatic hydroxyl groups excluding tert-OH is 1. The van der Waals surface area contributed by atoms with Gasteiger partial charge >= 0.3 is 0 Å². The maximum absolute atomic E-state index is 12.0. The molecule has 1 atom stereocenters. The van der Waals surface area contributed by atoms with Crippen molar-refractivity contribution in [1.29, 1.82) is 0 Å². The summed E-state index contributed by atoms with van der Waals surface area (Å²) in [4.78, 5) is 14.0. The summed E-state index contributed by atoms with van der Waals surface area (Å²) in [6.45, 7) is 5.85. The van der Waals surface area contributed by atoms with Crippen LogP contribution in [0.4, 0.5) is 0 Å². The molecule has 4 heteroatoms. The Kier molecular flexibility index (Phi) is 3.50. The molecular formula is C12H22N2O2. The predicted molar refractivity (Wildman–Crippen MR) is 62.0 cm³/mol. The number of amides is 1. The second kappa shape index (κ2) is 4.72. The third-order valence-electron chi connectivity index (χ3n) is 3.52. The molecule has 1 unspecified atom stereocenters. The zero-order valence-corrected chi connectivity index (χ0v) is 10.1. The Morgan fingerprint density at radius 3 is 2.75 bits per heavy atom. The number of hydrogen-bond donors (Lipinski definition) is 2. The van der Waals surface area contributed by atoms with E-state index < -0.39 is 0 Å². The lowest BCUT2D eigenvalue weighted by atomic mass is 9.82. The van der Waals surface area contributed by atoms with Crippen LogP contribution in [-0.4, -0.2) is 47.2 Å². The Morgan fingerprint density at radius 2 is 2.19 bits per heavy atom. The van der Waals surface area contributed by atoms with Crippen molar-refractivity contribution in [3.63, 3.8) is 0 Å². The molecule has 1 saturated carbocycles. The smallest absolute Gasteiger partial charge is 0.239 e. The molecule has 1 heterocycles. The normalized spacial score (nSPS) is 34.6. The Hall–Kier alpha value is -0.610. The van der Waals surface area contributed by atoms with Gasteiger partial charge in [-0.15, -0.1) is 0 Å². The summed E-state index contributed by atoms with van der Waals surface area (Å²) >= 11 is 0. The first kappa shape index (κ1) is 11.9. The van der Waals surface area contributed by atoms with Gasteiger partial charge in [0.15, 0.2) is 0 Å².